The van der Waals surface area contributed by atoms with Crippen molar-refractivity contribution < 1.29 is 31.9 Å². The second-order valence-corrected chi connectivity index (χ2v) is 8.44. The third-order valence-electron chi connectivity index (χ3n) is 5.20. The minimum Gasteiger partial charge on any atom is -0.351 e. The molecule has 1 N–H and O–H groups in total. The third kappa shape index (κ3) is 6.57. The molecule has 186 valence electrons. The number of ether oxygens (including phenoxy) is 1. The van der Waals surface area contributed by atoms with Crippen LogP contribution in [0.2, 0.25) is 0 Å². The molecule has 0 aromatic heterocycles. The van der Waals surface area contributed by atoms with Crippen molar-refractivity contribution in [3.8, 4) is 0 Å². The summed E-state index contributed by atoms with van der Waals surface area (Å²) in [5.74, 6) is -2.07. The number of rotatable bonds is 9. The highest BCUT2D eigenvalue weighted by atomic mass is 35.5. The van der Waals surface area contributed by atoms with Gasteiger partial charge in [-0.3, -0.25) is 29.2 Å². The highest BCUT2D eigenvalue weighted by Crippen LogP contribution is 2.35. The van der Waals surface area contributed by atoms with E-state index in [9.17, 15) is 27.2 Å². The summed E-state index contributed by atoms with van der Waals surface area (Å²) in [5, 5.41) is 2.60. The molecule has 0 unspecified atom stereocenters. The summed E-state index contributed by atoms with van der Waals surface area (Å²) in [4.78, 5) is 35.4. The van der Waals surface area contributed by atoms with E-state index in [2.05, 4.69) is 39.4 Å². The number of halogens is 5. The molecule has 2 atom stereocenters. The van der Waals surface area contributed by atoms with E-state index >= 15 is 0 Å². The molecule has 7 nitrogen and oxygen atoms in total. The average molecular weight is 523 g/mol. The number of anilines is 1. The van der Waals surface area contributed by atoms with Gasteiger partial charge in [-0.15, -0.1) is 25.8 Å². The molecule has 2 rings (SSSR count). The van der Waals surface area contributed by atoms with Gasteiger partial charge in [-0.05, 0) is 50.7 Å². The summed E-state index contributed by atoms with van der Waals surface area (Å²) >= 11 is 9.67. The maximum atomic E-state index is 14.1. The molecule has 34 heavy (non-hydrogen) atoms. The lowest BCUT2D eigenvalue weighted by molar-refractivity contribution is -0.351. The summed E-state index contributed by atoms with van der Waals surface area (Å²) in [7, 11) is 1.40. The molecule has 0 aliphatic heterocycles. The van der Waals surface area contributed by atoms with E-state index in [1.54, 1.807) is 0 Å². The Morgan fingerprint density at radius 1 is 1.32 bits per heavy atom. The van der Waals surface area contributed by atoms with Crippen LogP contribution in [0.3, 0.4) is 0 Å². The van der Waals surface area contributed by atoms with Gasteiger partial charge in [0.05, 0.1) is 6.10 Å². The first-order valence-corrected chi connectivity index (χ1v) is 10.8. The number of carbonyl (C=O) groups excluding carboxylic acids is 2. The molecule has 0 radical (unpaired) electrons. The smallest absolute Gasteiger partial charge is 0.351 e. The molecule has 2 amide bonds. The van der Waals surface area contributed by atoms with E-state index < -0.39 is 41.5 Å². The minimum absolute atomic E-state index is 0.0468. The summed E-state index contributed by atoms with van der Waals surface area (Å²) in [6.07, 6.45) is -3.72. The highest BCUT2D eigenvalue weighted by molar-refractivity contribution is 7.80. The molecule has 1 saturated carbocycles. The van der Waals surface area contributed by atoms with Crippen molar-refractivity contribution in [2.24, 2.45) is 9.98 Å². The zero-order chi connectivity index (χ0) is 25.7. The first-order valence-electron chi connectivity index (χ1n) is 9.88. The van der Waals surface area contributed by atoms with E-state index in [-0.39, 0.29) is 24.1 Å². The number of alkyl halides is 5. The quantitative estimate of drug-likeness (QED) is 0.222. The summed E-state index contributed by atoms with van der Waals surface area (Å²) in [6.45, 7) is 4.67. The van der Waals surface area contributed by atoms with Crippen LogP contribution in [0, 0.1) is 0 Å². The number of amides is 2. The molecule has 1 aromatic carbocycles. The summed E-state index contributed by atoms with van der Waals surface area (Å²) < 4.78 is 55.3. The van der Waals surface area contributed by atoms with Gasteiger partial charge in [-0.2, -0.15) is 0 Å². The third-order valence-corrected chi connectivity index (χ3v) is 5.68. The molecule has 1 aliphatic rings. The van der Waals surface area contributed by atoms with Gasteiger partial charge in [-0.25, -0.2) is 4.39 Å². The number of aliphatic imine (C=N–C) groups is 2. The van der Waals surface area contributed by atoms with Gasteiger partial charge in [0.25, 0.3) is 17.4 Å². The highest BCUT2D eigenvalue weighted by Gasteiger charge is 2.49. The van der Waals surface area contributed by atoms with E-state index in [1.165, 1.54) is 44.5 Å². The van der Waals surface area contributed by atoms with E-state index in [1.807, 2.05) is 0 Å². The minimum atomic E-state index is -4.80. The molecule has 1 fully saturated rings. The molecule has 0 saturated heterocycles. The van der Waals surface area contributed by atoms with E-state index in [0.29, 0.717) is 4.90 Å². The second-order valence-electron chi connectivity index (χ2n) is 7.54. The van der Waals surface area contributed by atoms with Crippen molar-refractivity contribution in [2.75, 3.05) is 11.9 Å². The van der Waals surface area contributed by atoms with Crippen LogP contribution in [-0.4, -0.2) is 61.5 Å². The standard InChI is InChI=1S/C21H23ClF4N4O3S/c1-20(12(10-27-2)11-28-3,19(32)29-13-8-15(9-13)33-21(24,25)26)30(18(31)17(22)23)14-4-6-16(34)7-5-14/h4-7,10-11,13,15,17,34H,2,8-9H2,1,3H3,(H,29,32)/b12-10+,28-11-/t13?,15?,17-,20+/m0/s1. The Bertz CT molecular complexity index is 966. The van der Waals surface area contributed by atoms with Crippen molar-refractivity contribution in [3.63, 3.8) is 0 Å². The van der Waals surface area contributed by atoms with E-state index in [4.69, 9.17) is 11.6 Å². The SMILES string of the molecule is C=N/C=C(\C=N/C)[C@](C)(C(=O)NC1CC(OC(F)(F)F)C1)N(C(=O)[C@H](F)Cl)c1ccc(S)cc1. The number of nitrogens with zero attached hydrogens (tertiary/aromatic N) is 3. The molecule has 0 heterocycles. The number of thiol groups is 1. The fourth-order valence-electron chi connectivity index (χ4n) is 3.48. The Hall–Kier alpha value is -2.44. The number of benzene rings is 1. The average Bonchev–Trinajstić information content (AvgIpc) is 2.72. The summed E-state index contributed by atoms with van der Waals surface area (Å²) in [5.41, 5.74) is -4.32. The Morgan fingerprint density at radius 3 is 2.38 bits per heavy atom. The first kappa shape index (κ1) is 27.8. The lowest BCUT2D eigenvalue weighted by Gasteiger charge is -2.43. The largest absolute Gasteiger partial charge is 0.522 e. The van der Waals surface area contributed by atoms with Crippen LogP contribution in [0.15, 0.2) is 50.9 Å². The van der Waals surface area contributed by atoms with Crippen molar-refractivity contribution in [1.29, 1.82) is 0 Å². The number of carbonyl (C=O) groups is 2. The van der Waals surface area contributed by atoms with Gasteiger partial charge in [0.2, 0.25) is 0 Å². The predicted octanol–water partition coefficient (Wildman–Crippen LogP) is 4.07. The fraction of sp³-hybridized carbons (Fsp3) is 0.429. The first-order chi connectivity index (χ1) is 15.8. The van der Waals surface area contributed by atoms with Gasteiger partial charge in [-0.1, -0.05) is 11.6 Å². The van der Waals surface area contributed by atoms with Crippen molar-refractivity contribution >= 4 is 54.7 Å². The topological polar surface area (TPSA) is 83.4 Å². The van der Waals surface area contributed by atoms with Gasteiger partial charge >= 0.3 is 6.36 Å². The van der Waals surface area contributed by atoms with Gasteiger partial charge < -0.3 is 5.32 Å². The predicted molar refractivity (Wildman–Crippen MR) is 124 cm³/mol. The van der Waals surface area contributed by atoms with Crippen LogP contribution in [0.4, 0.5) is 23.2 Å². The van der Waals surface area contributed by atoms with Crippen molar-refractivity contribution in [1.82, 2.24) is 5.32 Å². The second kappa shape index (κ2) is 11.3. The Kier molecular flexibility index (Phi) is 9.26. The maximum Gasteiger partial charge on any atom is 0.522 e. The molecule has 1 aromatic rings. The van der Waals surface area contributed by atoms with Crippen LogP contribution in [0.5, 0.6) is 0 Å². The van der Waals surface area contributed by atoms with Crippen molar-refractivity contribution in [3.05, 3.63) is 36.0 Å². The van der Waals surface area contributed by atoms with Crippen LogP contribution < -0.4 is 10.2 Å². The zero-order valence-corrected chi connectivity index (χ0v) is 19.9. The summed E-state index contributed by atoms with van der Waals surface area (Å²) in [6, 6.07) is 5.23. The number of nitrogens with one attached hydrogen (secondary N) is 1. The van der Waals surface area contributed by atoms with Gasteiger partial charge in [0.15, 0.2) is 5.54 Å². The lowest BCUT2D eigenvalue weighted by atomic mass is 9.85. The zero-order valence-electron chi connectivity index (χ0n) is 18.2. The molecule has 0 bridgehead atoms. The molecule has 0 spiro atoms. The van der Waals surface area contributed by atoms with Crippen LogP contribution in [0.25, 0.3) is 0 Å². The van der Waals surface area contributed by atoms with Crippen LogP contribution in [0.1, 0.15) is 19.8 Å². The molecule has 1 aliphatic carbocycles. The molecular formula is C21H23ClF4N4O3S. The number of hydrogen-bond acceptors (Lipinski definition) is 6. The van der Waals surface area contributed by atoms with Crippen LogP contribution in [-0.2, 0) is 14.3 Å². The Labute approximate surface area is 204 Å². The van der Waals surface area contributed by atoms with Gasteiger partial charge in [0, 0.05) is 41.7 Å². The van der Waals surface area contributed by atoms with E-state index in [0.717, 1.165) is 11.1 Å². The fourth-order valence-corrected chi connectivity index (χ4v) is 3.73. The monoisotopic (exact) mass is 522 g/mol. The van der Waals surface area contributed by atoms with Crippen LogP contribution >= 0.6 is 24.2 Å². The Morgan fingerprint density at radius 2 is 1.91 bits per heavy atom. The normalized spacial score (nSPS) is 21.4. The molecule has 13 heteroatoms. The number of hydrogen-bond donors (Lipinski definition) is 2. The Balaban J connectivity index is 2.50. The van der Waals surface area contributed by atoms with Gasteiger partial charge in [0.1, 0.15) is 0 Å². The molecular weight excluding hydrogens is 500 g/mol. The maximum absolute atomic E-state index is 14.1. The lowest BCUT2D eigenvalue weighted by Crippen LogP contribution is -2.64. The van der Waals surface area contributed by atoms with Crippen molar-refractivity contribution in [2.45, 2.75) is 54.3 Å².